The Labute approximate surface area is 178 Å². The Balaban J connectivity index is 1.49. The summed E-state index contributed by atoms with van der Waals surface area (Å²) in [6, 6.07) is 11.3. The number of esters is 1. The maximum atomic E-state index is 11.8. The molecule has 0 spiro atoms. The van der Waals surface area contributed by atoms with Gasteiger partial charge in [-0.3, -0.25) is 9.78 Å². The van der Waals surface area contributed by atoms with Gasteiger partial charge in [-0.25, -0.2) is 0 Å². The summed E-state index contributed by atoms with van der Waals surface area (Å²) >= 11 is 1.99. The quantitative estimate of drug-likeness (QED) is 0.533. The van der Waals surface area contributed by atoms with Crippen molar-refractivity contribution in [2.45, 2.75) is 68.1 Å². The van der Waals surface area contributed by atoms with E-state index in [1.165, 1.54) is 47.4 Å². The van der Waals surface area contributed by atoms with Gasteiger partial charge in [-0.1, -0.05) is 31.0 Å². The molecular formula is C24H30N2O2S. The molecule has 1 aromatic heterocycles. The van der Waals surface area contributed by atoms with E-state index in [2.05, 4.69) is 40.2 Å². The third kappa shape index (κ3) is 4.95. The predicted molar refractivity (Wildman–Crippen MR) is 118 cm³/mol. The van der Waals surface area contributed by atoms with Crippen LogP contribution in [0.15, 0.2) is 47.6 Å². The number of hydrogen-bond acceptors (Lipinski definition) is 5. The number of thioether (sulfide) groups is 1. The first-order valence-corrected chi connectivity index (χ1v) is 11.7. The van der Waals surface area contributed by atoms with Crippen molar-refractivity contribution in [3.63, 3.8) is 0 Å². The summed E-state index contributed by atoms with van der Waals surface area (Å²) in [5.41, 5.74) is 3.94. The van der Waals surface area contributed by atoms with Gasteiger partial charge in [0.2, 0.25) is 0 Å². The van der Waals surface area contributed by atoms with Gasteiger partial charge in [0.25, 0.3) is 0 Å². The van der Waals surface area contributed by atoms with Crippen LogP contribution >= 0.6 is 11.8 Å². The highest BCUT2D eigenvalue weighted by Gasteiger charge is 2.30. The highest BCUT2D eigenvalue weighted by atomic mass is 32.2. The van der Waals surface area contributed by atoms with E-state index in [-0.39, 0.29) is 12.0 Å². The van der Waals surface area contributed by atoms with Crippen LogP contribution in [0.1, 0.15) is 62.6 Å². The van der Waals surface area contributed by atoms with E-state index in [0.717, 1.165) is 24.6 Å². The number of rotatable bonds is 8. The van der Waals surface area contributed by atoms with Crippen LogP contribution < -0.4 is 4.90 Å². The summed E-state index contributed by atoms with van der Waals surface area (Å²) in [7, 11) is 0. The molecule has 4 rings (SSSR count). The molecule has 1 unspecified atom stereocenters. The molecule has 154 valence electrons. The zero-order chi connectivity index (χ0) is 20.1. The zero-order valence-corrected chi connectivity index (χ0v) is 18.0. The average molecular weight is 411 g/mol. The van der Waals surface area contributed by atoms with Gasteiger partial charge < -0.3 is 9.64 Å². The van der Waals surface area contributed by atoms with Gasteiger partial charge in [0.15, 0.2) is 0 Å². The Hall–Kier alpha value is -2.01. The number of carbonyl (C=O) groups is 1. The summed E-state index contributed by atoms with van der Waals surface area (Å²) in [5, 5.41) is 0.744. The molecule has 2 heterocycles. The fourth-order valence-electron chi connectivity index (χ4n) is 4.53. The van der Waals surface area contributed by atoms with Crippen LogP contribution in [0.5, 0.6) is 0 Å². The lowest BCUT2D eigenvalue weighted by Crippen LogP contribution is -2.27. The summed E-state index contributed by atoms with van der Waals surface area (Å²) in [6.07, 6.45) is 11.7. The fourth-order valence-corrected chi connectivity index (χ4v) is 5.81. The second-order valence-electron chi connectivity index (χ2n) is 7.93. The summed E-state index contributed by atoms with van der Waals surface area (Å²) in [4.78, 5) is 20.1. The highest BCUT2D eigenvalue weighted by molar-refractivity contribution is 8.00. The van der Waals surface area contributed by atoms with Crippen LogP contribution in [0.4, 0.5) is 5.69 Å². The fraction of sp³-hybridized carbons (Fsp3) is 0.500. The Morgan fingerprint density at radius 3 is 2.90 bits per heavy atom. The molecule has 2 aliphatic rings. The van der Waals surface area contributed by atoms with Gasteiger partial charge in [-0.2, -0.15) is 0 Å². The summed E-state index contributed by atoms with van der Waals surface area (Å²) < 4.78 is 5.10. The van der Waals surface area contributed by atoms with Crippen molar-refractivity contribution < 1.29 is 9.53 Å². The molecule has 0 bridgehead atoms. The molecule has 1 atom stereocenters. The number of anilines is 1. The van der Waals surface area contributed by atoms with Crippen molar-refractivity contribution in [2.75, 3.05) is 18.1 Å². The SMILES string of the molecule is CCOC(=O)CCCN1c2ccccc2CC1c1cncc(SC2CCCC2)c1. The number of nitrogens with zero attached hydrogens (tertiary/aromatic N) is 2. The van der Waals surface area contributed by atoms with E-state index in [1.807, 2.05) is 31.1 Å². The largest absolute Gasteiger partial charge is 0.466 e. The van der Waals surface area contributed by atoms with Crippen LogP contribution in [0, 0.1) is 0 Å². The minimum absolute atomic E-state index is 0.104. The van der Waals surface area contributed by atoms with Crippen molar-refractivity contribution in [2.24, 2.45) is 0 Å². The molecule has 1 aliphatic heterocycles. The van der Waals surface area contributed by atoms with Gasteiger partial charge >= 0.3 is 5.97 Å². The van der Waals surface area contributed by atoms with Crippen molar-refractivity contribution in [1.29, 1.82) is 0 Å². The molecule has 1 saturated carbocycles. The predicted octanol–water partition coefficient (Wildman–Crippen LogP) is 5.56. The topological polar surface area (TPSA) is 42.4 Å². The van der Waals surface area contributed by atoms with Crippen LogP contribution in [0.25, 0.3) is 0 Å². The number of para-hydroxylation sites is 1. The van der Waals surface area contributed by atoms with Gasteiger partial charge in [-0.15, -0.1) is 11.8 Å². The lowest BCUT2D eigenvalue weighted by atomic mass is 10.0. The zero-order valence-electron chi connectivity index (χ0n) is 17.2. The molecule has 4 nitrogen and oxygen atoms in total. The van der Waals surface area contributed by atoms with Gasteiger partial charge in [-0.05, 0) is 55.9 Å². The van der Waals surface area contributed by atoms with E-state index >= 15 is 0 Å². The molecule has 1 fully saturated rings. The maximum Gasteiger partial charge on any atom is 0.305 e. The number of aromatic nitrogens is 1. The third-order valence-corrected chi connectivity index (χ3v) is 7.20. The van der Waals surface area contributed by atoms with Crippen LogP contribution in [-0.2, 0) is 16.0 Å². The van der Waals surface area contributed by atoms with Gasteiger partial charge in [0.1, 0.15) is 0 Å². The number of hydrogen-bond donors (Lipinski definition) is 0. The van der Waals surface area contributed by atoms with E-state index in [1.54, 1.807) is 0 Å². The molecule has 2 aromatic rings. The average Bonchev–Trinajstić information content (AvgIpc) is 3.36. The first-order valence-electron chi connectivity index (χ1n) is 10.9. The number of carbonyl (C=O) groups excluding carboxylic acids is 1. The number of fused-ring (bicyclic) bond motifs is 1. The van der Waals surface area contributed by atoms with E-state index in [4.69, 9.17) is 4.74 Å². The summed E-state index contributed by atoms with van der Waals surface area (Å²) in [5.74, 6) is -0.104. The van der Waals surface area contributed by atoms with E-state index < -0.39 is 0 Å². The summed E-state index contributed by atoms with van der Waals surface area (Å²) in [6.45, 7) is 3.15. The molecule has 0 amide bonds. The third-order valence-electron chi connectivity index (χ3n) is 5.90. The molecule has 0 N–H and O–H groups in total. The Kier molecular flexibility index (Phi) is 6.75. The Morgan fingerprint density at radius 1 is 1.24 bits per heavy atom. The van der Waals surface area contributed by atoms with Crippen molar-refractivity contribution in [3.8, 4) is 0 Å². The Bertz CT molecular complexity index is 835. The van der Waals surface area contributed by atoms with Crippen LogP contribution in [0.2, 0.25) is 0 Å². The molecule has 0 saturated heterocycles. The number of ether oxygens (including phenoxy) is 1. The molecule has 29 heavy (non-hydrogen) atoms. The van der Waals surface area contributed by atoms with Gasteiger partial charge in [0.05, 0.1) is 12.6 Å². The first-order chi connectivity index (χ1) is 14.2. The second-order valence-corrected chi connectivity index (χ2v) is 9.30. The normalized spacial score (nSPS) is 18.8. The maximum absolute atomic E-state index is 11.8. The molecule has 1 aliphatic carbocycles. The lowest BCUT2D eigenvalue weighted by Gasteiger charge is -2.28. The van der Waals surface area contributed by atoms with E-state index in [0.29, 0.717) is 13.0 Å². The molecular weight excluding hydrogens is 380 g/mol. The van der Waals surface area contributed by atoms with Crippen molar-refractivity contribution >= 4 is 23.4 Å². The standard InChI is InChI=1S/C24H30N2O2S/c1-2-28-24(27)12-7-13-26-22-11-6-3-8-18(22)15-23(26)19-14-21(17-25-16-19)29-20-9-4-5-10-20/h3,6,8,11,14,16-17,20,23H,2,4-5,7,9-10,12-13,15H2,1H3. The molecule has 5 heteroatoms. The molecule has 0 radical (unpaired) electrons. The molecule has 1 aromatic carbocycles. The highest BCUT2D eigenvalue weighted by Crippen LogP contribution is 2.41. The van der Waals surface area contributed by atoms with Crippen LogP contribution in [-0.4, -0.2) is 29.4 Å². The van der Waals surface area contributed by atoms with Crippen molar-refractivity contribution in [1.82, 2.24) is 4.98 Å². The Morgan fingerprint density at radius 2 is 2.07 bits per heavy atom. The van der Waals surface area contributed by atoms with Gasteiger partial charge in [0, 0.05) is 41.2 Å². The monoisotopic (exact) mass is 410 g/mol. The van der Waals surface area contributed by atoms with E-state index in [9.17, 15) is 4.79 Å². The van der Waals surface area contributed by atoms with Crippen molar-refractivity contribution in [3.05, 3.63) is 53.9 Å². The first kappa shape index (κ1) is 20.3. The van der Waals surface area contributed by atoms with Crippen LogP contribution in [0.3, 0.4) is 0 Å². The smallest absolute Gasteiger partial charge is 0.305 e. The number of benzene rings is 1. The minimum atomic E-state index is -0.104. The second kappa shape index (κ2) is 9.66. The number of pyridine rings is 1. The minimum Gasteiger partial charge on any atom is -0.466 e. The lowest BCUT2D eigenvalue weighted by molar-refractivity contribution is -0.143.